The Morgan fingerprint density at radius 1 is 0.950 bits per heavy atom. The minimum Gasteiger partial charge on any atom is -0.481 e. The Morgan fingerprint density at radius 2 is 1.50 bits per heavy atom. The predicted molar refractivity (Wildman–Crippen MR) is 79.7 cm³/mol. The fourth-order valence-corrected chi connectivity index (χ4v) is 2.08. The Morgan fingerprint density at radius 3 is 2.00 bits per heavy atom. The van der Waals surface area contributed by atoms with E-state index < -0.39 is 17.9 Å². The van der Waals surface area contributed by atoms with Crippen molar-refractivity contribution in [1.29, 1.82) is 0 Å². The van der Waals surface area contributed by atoms with Gasteiger partial charge in [0.15, 0.2) is 0 Å². The Labute approximate surface area is 121 Å². The summed E-state index contributed by atoms with van der Waals surface area (Å²) < 4.78 is 0. The standard InChI is InChI=1S/C16H28O4/c1-2-3-4-5-6-7-8-9-10-11-12-14(16(19)20)13-15(17)18/h11-12,14H,2-10,13H2,1H3,(H,17,18)(H,19,20)/b12-11-. The lowest BCUT2D eigenvalue weighted by Gasteiger charge is -2.03. The first kappa shape index (κ1) is 18.7. The second-order valence-corrected chi connectivity index (χ2v) is 5.23. The van der Waals surface area contributed by atoms with Gasteiger partial charge in [0, 0.05) is 0 Å². The Kier molecular flexibility index (Phi) is 11.9. The molecular weight excluding hydrogens is 256 g/mol. The molecule has 4 nitrogen and oxygen atoms in total. The number of carbonyl (C=O) groups is 2. The van der Waals surface area contributed by atoms with Crippen LogP contribution in [0.2, 0.25) is 0 Å². The second kappa shape index (κ2) is 12.7. The van der Waals surface area contributed by atoms with E-state index in [1.54, 1.807) is 6.08 Å². The van der Waals surface area contributed by atoms with E-state index in [2.05, 4.69) is 6.92 Å². The van der Waals surface area contributed by atoms with Crippen LogP contribution in [-0.2, 0) is 9.59 Å². The van der Waals surface area contributed by atoms with E-state index in [1.807, 2.05) is 0 Å². The number of hydrogen-bond acceptors (Lipinski definition) is 2. The van der Waals surface area contributed by atoms with Crippen LogP contribution in [0.25, 0.3) is 0 Å². The molecule has 1 atom stereocenters. The fourth-order valence-electron chi connectivity index (χ4n) is 2.08. The highest BCUT2D eigenvalue weighted by molar-refractivity contribution is 5.79. The van der Waals surface area contributed by atoms with Crippen LogP contribution in [0.15, 0.2) is 12.2 Å². The van der Waals surface area contributed by atoms with Gasteiger partial charge in [-0.3, -0.25) is 9.59 Å². The summed E-state index contributed by atoms with van der Waals surface area (Å²) >= 11 is 0. The summed E-state index contributed by atoms with van der Waals surface area (Å²) in [5, 5.41) is 17.4. The molecule has 0 aromatic rings. The molecule has 0 radical (unpaired) electrons. The summed E-state index contributed by atoms with van der Waals surface area (Å²) in [4.78, 5) is 21.3. The van der Waals surface area contributed by atoms with Gasteiger partial charge >= 0.3 is 11.9 Å². The van der Waals surface area contributed by atoms with Crippen LogP contribution in [0.1, 0.15) is 71.1 Å². The zero-order valence-corrected chi connectivity index (χ0v) is 12.5. The highest BCUT2D eigenvalue weighted by Crippen LogP contribution is 2.11. The number of carboxylic acid groups (broad SMARTS) is 2. The van der Waals surface area contributed by atoms with Gasteiger partial charge in [-0.2, -0.15) is 0 Å². The van der Waals surface area contributed by atoms with E-state index in [0.29, 0.717) is 0 Å². The molecule has 0 saturated carbocycles. The maximum atomic E-state index is 10.8. The molecule has 0 fully saturated rings. The maximum Gasteiger partial charge on any atom is 0.310 e. The molecule has 0 bridgehead atoms. The highest BCUT2D eigenvalue weighted by Gasteiger charge is 2.17. The van der Waals surface area contributed by atoms with E-state index in [0.717, 1.165) is 19.3 Å². The first-order valence-electron chi connectivity index (χ1n) is 7.69. The summed E-state index contributed by atoms with van der Waals surface area (Å²) in [5.74, 6) is -3.05. The highest BCUT2D eigenvalue weighted by atomic mass is 16.4. The number of allylic oxidation sites excluding steroid dienone is 1. The molecule has 0 aliphatic rings. The molecule has 0 amide bonds. The first-order chi connectivity index (χ1) is 9.57. The zero-order chi connectivity index (χ0) is 15.2. The summed E-state index contributed by atoms with van der Waals surface area (Å²) in [6.45, 7) is 2.21. The van der Waals surface area contributed by atoms with Crippen LogP contribution in [0.4, 0.5) is 0 Å². The van der Waals surface area contributed by atoms with Crippen molar-refractivity contribution < 1.29 is 19.8 Å². The second-order valence-electron chi connectivity index (χ2n) is 5.23. The monoisotopic (exact) mass is 284 g/mol. The van der Waals surface area contributed by atoms with Gasteiger partial charge < -0.3 is 10.2 Å². The van der Waals surface area contributed by atoms with E-state index in [4.69, 9.17) is 10.2 Å². The van der Waals surface area contributed by atoms with Crippen molar-refractivity contribution >= 4 is 11.9 Å². The number of unbranched alkanes of at least 4 members (excludes halogenated alkanes) is 8. The third-order valence-electron chi connectivity index (χ3n) is 3.30. The van der Waals surface area contributed by atoms with Gasteiger partial charge in [-0.15, -0.1) is 0 Å². The molecule has 0 rings (SSSR count). The molecule has 116 valence electrons. The van der Waals surface area contributed by atoms with Gasteiger partial charge in [0.2, 0.25) is 0 Å². The number of carboxylic acids is 2. The van der Waals surface area contributed by atoms with Crippen LogP contribution in [-0.4, -0.2) is 22.2 Å². The Bertz CT molecular complexity index is 297. The predicted octanol–water partition coefficient (Wildman–Crippen LogP) is 4.25. The lowest BCUT2D eigenvalue weighted by molar-refractivity contribution is -0.146. The van der Waals surface area contributed by atoms with Gasteiger partial charge in [0.05, 0.1) is 12.3 Å². The maximum absolute atomic E-state index is 10.8. The molecule has 0 spiro atoms. The van der Waals surface area contributed by atoms with Crippen LogP contribution < -0.4 is 0 Å². The summed E-state index contributed by atoms with van der Waals surface area (Å²) in [7, 11) is 0. The van der Waals surface area contributed by atoms with Crippen LogP contribution in [0.3, 0.4) is 0 Å². The smallest absolute Gasteiger partial charge is 0.310 e. The lowest BCUT2D eigenvalue weighted by Crippen LogP contribution is -2.15. The van der Waals surface area contributed by atoms with E-state index in [9.17, 15) is 9.59 Å². The van der Waals surface area contributed by atoms with Crippen LogP contribution in [0, 0.1) is 5.92 Å². The normalized spacial score (nSPS) is 12.7. The Hall–Kier alpha value is -1.32. The Balaban J connectivity index is 3.58. The lowest BCUT2D eigenvalue weighted by atomic mass is 10.0. The van der Waals surface area contributed by atoms with E-state index in [1.165, 1.54) is 44.6 Å². The topological polar surface area (TPSA) is 74.6 Å². The molecule has 0 aromatic heterocycles. The van der Waals surface area contributed by atoms with Crippen molar-refractivity contribution in [3.8, 4) is 0 Å². The van der Waals surface area contributed by atoms with Crippen LogP contribution >= 0.6 is 0 Å². The molecule has 1 unspecified atom stereocenters. The summed E-state index contributed by atoms with van der Waals surface area (Å²) in [6, 6.07) is 0. The summed E-state index contributed by atoms with van der Waals surface area (Å²) in [6.07, 6.45) is 13.7. The number of hydrogen-bond donors (Lipinski definition) is 2. The van der Waals surface area contributed by atoms with Gasteiger partial charge in [-0.05, 0) is 12.8 Å². The minimum absolute atomic E-state index is 0.344. The first-order valence-corrected chi connectivity index (χ1v) is 7.69. The van der Waals surface area contributed by atoms with Crippen molar-refractivity contribution in [3.05, 3.63) is 12.2 Å². The zero-order valence-electron chi connectivity index (χ0n) is 12.5. The largest absolute Gasteiger partial charge is 0.481 e. The molecule has 4 heteroatoms. The minimum atomic E-state index is -1.07. The van der Waals surface area contributed by atoms with Gasteiger partial charge in [0.1, 0.15) is 0 Å². The van der Waals surface area contributed by atoms with Gasteiger partial charge in [0.25, 0.3) is 0 Å². The van der Waals surface area contributed by atoms with Crippen molar-refractivity contribution in [2.45, 2.75) is 71.1 Å². The molecule has 2 N–H and O–H groups in total. The van der Waals surface area contributed by atoms with E-state index in [-0.39, 0.29) is 6.42 Å². The van der Waals surface area contributed by atoms with Crippen molar-refractivity contribution in [1.82, 2.24) is 0 Å². The summed E-state index contributed by atoms with van der Waals surface area (Å²) in [5.41, 5.74) is 0. The average molecular weight is 284 g/mol. The number of rotatable bonds is 13. The van der Waals surface area contributed by atoms with Crippen molar-refractivity contribution in [2.24, 2.45) is 5.92 Å². The van der Waals surface area contributed by atoms with Crippen molar-refractivity contribution in [3.63, 3.8) is 0 Å². The van der Waals surface area contributed by atoms with Crippen LogP contribution in [0.5, 0.6) is 0 Å². The number of aliphatic carboxylic acids is 2. The molecule has 0 saturated heterocycles. The van der Waals surface area contributed by atoms with E-state index >= 15 is 0 Å². The average Bonchev–Trinajstić information content (AvgIpc) is 2.39. The quantitative estimate of drug-likeness (QED) is 0.391. The molecule has 0 aliphatic heterocycles. The molecule has 0 aromatic carbocycles. The molecular formula is C16H28O4. The SMILES string of the molecule is CCCCCCCCCC/C=C\C(CC(=O)O)C(=O)O. The fraction of sp³-hybridized carbons (Fsp3) is 0.750. The third-order valence-corrected chi connectivity index (χ3v) is 3.30. The van der Waals surface area contributed by atoms with Crippen molar-refractivity contribution in [2.75, 3.05) is 0 Å². The van der Waals surface area contributed by atoms with Gasteiger partial charge in [-0.25, -0.2) is 0 Å². The molecule has 20 heavy (non-hydrogen) atoms. The third kappa shape index (κ3) is 11.8. The molecule has 0 aliphatic carbocycles. The molecule has 0 heterocycles. The van der Waals surface area contributed by atoms with Gasteiger partial charge in [-0.1, -0.05) is 64.0 Å².